The van der Waals surface area contributed by atoms with Gasteiger partial charge in [0.05, 0.1) is 16.2 Å². The van der Waals surface area contributed by atoms with E-state index in [9.17, 15) is 14.0 Å². The van der Waals surface area contributed by atoms with Gasteiger partial charge in [-0.2, -0.15) is 0 Å². The number of amidine groups is 1. The fraction of sp³-hybridized carbons (Fsp3) is 0.0556. The summed E-state index contributed by atoms with van der Waals surface area (Å²) in [5.41, 5.74) is 2.10. The van der Waals surface area contributed by atoms with Crippen molar-refractivity contribution in [1.29, 1.82) is 0 Å². The highest BCUT2D eigenvalue weighted by atomic mass is 32.2. The molecule has 126 valence electrons. The van der Waals surface area contributed by atoms with Crippen LogP contribution in [0.1, 0.15) is 21.5 Å². The zero-order chi connectivity index (χ0) is 18.0. The van der Waals surface area contributed by atoms with Crippen molar-refractivity contribution in [3.05, 3.63) is 69.9 Å². The summed E-state index contributed by atoms with van der Waals surface area (Å²) in [6.07, 6.45) is 1.64. The summed E-state index contributed by atoms with van der Waals surface area (Å²) >= 11 is 1.14. The average Bonchev–Trinajstić information content (AvgIpc) is 2.91. The first-order valence-corrected chi connectivity index (χ1v) is 8.13. The number of carboxylic acids is 1. The summed E-state index contributed by atoms with van der Waals surface area (Å²) in [7, 11) is 0. The van der Waals surface area contributed by atoms with Gasteiger partial charge < -0.3 is 10.4 Å². The first-order chi connectivity index (χ1) is 11.9. The molecule has 1 fully saturated rings. The second-order valence-corrected chi connectivity index (χ2v) is 6.37. The van der Waals surface area contributed by atoms with Crippen molar-refractivity contribution in [2.24, 2.45) is 4.99 Å². The van der Waals surface area contributed by atoms with Crippen molar-refractivity contribution in [2.75, 3.05) is 0 Å². The molecule has 2 aromatic carbocycles. The van der Waals surface area contributed by atoms with Gasteiger partial charge in [0.1, 0.15) is 5.82 Å². The number of amides is 1. The predicted octanol–water partition coefficient (Wildman–Crippen LogP) is 3.72. The Morgan fingerprint density at radius 2 is 1.96 bits per heavy atom. The zero-order valence-corrected chi connectivity index (χ0v) is 13.9. The van der Waals surface area contributed by atoms with E-state index in [-0.39, 0.29) is 17.3 Å². The second-order valence-electron chi connectivity index (χ2n) is 5.34. The zero-order valence-electron chi connectivity index (χ0n) is 13.1. The summed E-state index contributed by atoms with van der Waals surface area (Å²) in [6, 6.07) is 10.4. The molecule has 0 atom stereocenters. The Kier molecular flexibility index (Phi) is 4.67. The molecule has 2 N–H and O–H groups in total. The lowest BCUT2D eigenvalue weighted by Crippen LogP contribution is -2.19. The van der Waals surface area contributed by atoms with Gasteiger partial charge >= 0.3 is 5.97 Å². The number of aliphatic imine (C=N–C) groups is 1. The first kappa shape index (κ1) is 16.9. The molecule has 1 heterocycles. The Morgan fingerprint density at radius 1 is 1.24 bits per heavy atom. The minimum atomic E-state index is -1.04. The van der Waals surface area contributed by atoms with E-state index < -0.39 is 5.97 Å². The van der Waals surface area contributed by atoms with Gasteiger partial charge in [0.2, 0.25) is 0 Å². The Bertz CT molecular complexity index is 920. The van der Waals surface area contributed by atoms with Gasteiger partial charge in [-0.05, 0) is 60.2 Å². The molecule has 5 nitrogen and oxygen atoms in total. The number of aromatic carboxylic acids is 1. The third-order valence-electron chi connectivity index (χ3n) is 3.50. The van der Waals surface area contributed by atoms with E-state index in [2.05, 4.69) is 10.3 Å². The molecular formula is C18H13FN2O3S. The molecule has 7 heteroatoms. The first-order valence-electron chi connectivity index (χ1n) is 7.31. The number of carbonyl (C=O) groups is 2. The normalized spacial score (nSPS) is 17.1. The highest BCUT2D eigenvalue weighted by Crippen LogP contribution is 2.29. The van der Waals surface area contributed by atoms with E-state index in [1.165, 1.54) is 24.3 Å². The maximum atomic E-state index is 12.9. The van der Waals surface area contributed by atoms with E-state index in [4.69, 9.17) is 5.11 Å². The summed E-state index contributed by atoms with van der Waals surface area (Å²) in [4.78, 5) is 27.9. The molecule has 0 aromatic heterocycles. The molecule has 0 unspecified atom stereocenters. The quantitative estimate of drug-likeness (QED) is 0.822. The number of halogens is 1. The van der Waals surface area contributed by atoms with E-state index in [1.54, 1.807) is 24.3 Å². The second kappa shape index (κ2) is 6.90. The molecule has 3 rings (SSSR count). The summed E-state index contributed by atoms with van der Waals surface area (Å²) in [6.45, 7) is 1.81. The number of hydrogen-bond acceptors (Lipinski definition) is 4. The molecule has 1 aliphatic rings. The van der Waals surface area contributed by atoms with Crippen LogP contribution in [0.15, 0.2) is 52.4 Å². The maximum absolute atomic E-state index is 12.9. The van der Waals surface area contributed by atoms with Crippen LogP contribution in [0, 0.1) is 12.7 Å². The molecule has 0 saturated carbocycles. The van der Waals surface area contributed by atoms with Gasteiger partial charge in [-0.1, -0.05) is 18.2 Å². The SMILES string of the molecule is Cc1ccc(C(=O)O)cc1N=C1NC(=O)/C(=C/c2ccc(F)cc2)S1. The fourth-order valence-electron chi connectivity index (χ4n) is 2.16. The maximum Gasteiger partial charge on any atom is 0.335 e. The number of carbonyl (C=O) groups excluding carboxylic acids is 1. The smallest absolute Gasteiger partial charge is 0.335 e. The molecule has 1 aliphatic heterocycles. The van der Waals surface area contributed by atoms with Crippen LogP contribution in [-0.4, -0.2) is 22.2 Å². The molecule has 0 radical (unpaired) electrons. The Balaban J connectivity index is 1.87. The van der Waals surface area contributed by atoms with Crippen molar-refractivity contribution in [3.8, 4) is 0 Å². The van der Waals surface area contributed by atoms with Crippen LogP contribution in [0.25, 0.3) is 6.08 Å². The third kappa shape index (κ3) is 3.95. The van der Waals surface area contributed by atoms with E-state index >= 15 is 0 Å². The van der Waals surface area contributed by atoms with Gasteiger partial charge in [-0.15, -0.1) is 0 Å². The lowest BCUT2D eigenvalue weighted by Gasteiger charge is -2.03. The van der Waals surface area contributed by atoms with E-state index in [0.29, 0.717) is 21.3 Å². The fourth-order valence-corrected chi connectivity index (χ4v) is 3.00. The van der Waals surface area contributed by atoms with Crippen LogP contribution < -0.4 is 5.32 Å². The standard InChI is InChI=1S/C18H13FN2O3S/c1-10-2-5-12(17(23)24)9-14(10)20-18-21-16(22)15(25-18)8-11-3-6-13(19)7-4-11/h2-9H,1H3,(H,23,24)(H,20,21,22)/b15-8-. The molecular weight excluding hydrogens is 343 g/mol. The lowest BCUT2D eigenvalue weighted by molar-refractivity contribution is -0.115. The van der Waals surface area contributed by atoms with Gasteiger partial charge in [-0.3, -0.25) is 4.79 Å². The van der Waals surface area contributed by atoms with Crippen molar-refractivity contribution < 1.29 is 19.1 Å². The molecule has 0 aliphatic carbocycles. The molecule has 0 spiro atoms. The molecule has 1 saturated heterocycles. The largest absolute Gasteiger partial charge is 0.478 e. The lowest BCUT2D eigenvalue weighted by atomic mass is 10.1. The van der Waals surface area contributed by atoms with Crippen LogP contribution in [0.5, 0.6) is 0 Å². The third-order valence-corrected chi connectivity index (χ3v) is 4.41. The number of rotatable bonds is 3. The Morgan fingerprint density at radius 3 is 2.64 bits per heavy atom. The van der Waals surface area contributed by atoms with Gasteiger partial charge in [0, 0.05) is 0 Å². The summed E-state index contributed by atoms with van der Waals surface area (Å²) < 4.78 is 12.9. The average molecular weight is 356 g/mol. The predicted molar refractivity (Wildman–Crippen MR) is 95.3 cm³/mol. The minimum Gasteiger partial charge on any atom is -0.478 e. The highest BCUT2D eigenvalue weighted by molar-refractivity contribution is 8.18. The monoisotopic (exact) mass is 356 g/mol. The number of nitrogens with one attached hydrogen (secondary N) is 1. The van der Waals surface area contributed by atoms with Gasteiger partial charge in [-0.25, -0.2) is 14.2 Å². The number of nitrogens with zero attached hydrogens (tertiary/aromatic N) is 1. The van der Waals surface area contributed by atoms with Crippen LogP contribution in [0.2, 0.25) is 0 Å². The highest BCUT2D eigenvalue weighted by Gasteiger charge is 2.24. The molecule has 2 aromatic rings. The molecule has 1 amide bonds. The number of hydrogen-bond donors (Lipinski definition) is 2. The van der Waals surface area contributed by atoms with Gasteiger partial charge in [0.15, 0.2) is 5.17 Å². The Hall–Kier alpha value is -2.93. The van der Waals surface area contributed by atoms with Crippen molar-refractivity contribution in [3.63, 3.8) is 0 Å². The molecule has 0 bridgehead atoms. The number of carboxylic acid groups (broad SMARTS) is 1. The molecule has 25 heavy (non-hydrogen) atoms. The van der Waals surface area contributed by atoms with E-state index in [0.717, 1.165) is 17.3 Å². The van der Waals surface area contributed by atoms with Crippen molar-refractivity contribution in [1.82, 2.24) is 5.32 Å². The summed E-state index contributed by atoms with van der Waals surface area (Å²) in [5, 5.41) is 12.1. The summed E-state index contributed by atoms with van der Waals surface area (Å²) in [5.74, 6) is -1.69. The van der Waals surface area contributed by atoms with Crippen LogP contribution in [-0.2, 0) is 4.79 Å². The van der Waals surface area contributed by atoms with Crippen LogP contribution >= 0.6 is 11.8 Å². The minimum absolute atomic E-state index is 0.126. The topological polar surface area (TPSA) is 78.8 Å². The number of aryl methyl sites for hydroxylation is 1. The van der Waals surface area contributed by atoms with Crippen molar-refractivity contribution >= 4 is 40.6 Å². The van der Waals surface area contributed by atoms with E-state index in [1.807, 2.05) is 6.92 Å². The van der Waals surface area contributed by atoms with Gasteiger partial charge in [0.25, 0.3) is 5.91 Å². The van der Waals surface area contributed by atoms with Crippen LogP contribution in [0.3, 0.4) is 0 Å². The van der Waals surface area contributed by atoms with Crippen molar-refractivity contribution in [2.45, 2.75) is 6.92 Å². The number of thioether (sulfide) groups is 1. The number of benzene rings is 2. The van der Waals surface area contributed by atoms with Crippen LogP contribution in [0.4, 0.5) is 10.1 Å². The Labute approximate surface area is 147 Å².